The smallest absolute Gasteiger partial charge is 0.125 e. The van der Waals surface area contributed by atoms with Crippen LogP contribution in [0.15, 0.2) is 48.1 Å². The predicted octanol–water partition coefficient (Wildman–Crippen LogP) is 5.84. The van der Waals surface area contributed by atoms with E-state index in [1.54, 1.807) is 11.3 Å². The number of aryl methyl sites for hydroxylation is 1. The fraction of sp³-hybridized carbons (Fsp3) is 0.300. The van der Waals surface area contributed by atoms with E-state index in [1.807, 2.05) is 12.4 Å². The molecular weight excluding hydrogens is 300 g/mol. The summed E-state index contributed by atoms with van der Waals surface area (Å²) in [5.74, 6) is 0.680. The minimum absolute atomic E-state index is 0.680. The monoisotopic (exact) mass is 320 g/mol. The third kappa shape index (κ3) is 2.93. The number of rotatable bonds is 3. The molecule has 2 heterocycles. The van der Waals surface area contributed by atoms with Gasteiger partial charge in [0, 0.05) is 28.9 Å². The second-order valence-electron chi connectivity index (χ2n) is 6.35. The zero-order chi connectivity index (χ0) is 15.6. The topological polar surface area (TPSA) is 25.8 Å². The first-order chi connectivity index (χ1) is 11.3. The predicted molar refractivity (Wildman–Crippen MR) is 96.7 cm³/mol. The summed E-state index contributed by atoms with van der Waals surface area (Å²) in [5, 5.41) is 3.25. The van der Waals surface area contributed by atoms with E-state index in [1.165, 1.54) is 47.9 Å². The Kier molecular flexibility index (Phi) is 3.96. The van der Waals surface area contributed by atoms with E-state index in [0.717, 1.165) is 10.7 Å². The van der Waals surface area contributed by atoms with Gasteiger partial charge in [-0.1, -0.05) is 42.7 Å². The average molecular weight is 320 g/mol. The maximum absolute atomic E-state index is 4.89. The normalized spacial score (nSPS) is 15.2. The Hall–Kier alpha value is -2.00. The molecule has 116 valence electrons. The Morgan fingerprint density at radius 2 is 1.83 bits per heavy atom. The van der Waals surface area contributed by atoms with Gasteiger partial charge >= 0.3 is 0 Å². The fourth-order valence-electron chi connectivity index (χ4n) is 3.43. The van der Waals surface area contributed by atoms with Gasteiger partial charge < -0.3 is 0 Å². The van der Waals surface area contributed by atoms with Crippen molar-refractivity contribution >= 4 is 11.3 Å². The van der Waals surface area contributed by atoms with Crippen LogP contribution in [-0.2, 0) is 0 Å². The van der Waals surface area contributed by atoms with E-state index in [0.29, 0.717) is 5.92 Å². The molecule has 0 radical (unpaired) electrons. The number of pyridine rings is 1. The molecular formula is C20H20N2S. The van der Waals surface area contributed by atoms with Gasteiger partial charge in [0.25, 0.3) is 0 Å². The van der Waals surface area contributed by atoms with Gasteiger partial charge in [0.15, 0.2) is 0 Å². The first-order valence-corrected chi connectivity index (χ1v) is 9.16. The van der Waals surface area contributed by atoms with Crippen molar-refractivity contribution in [3.8, 4) is 21.8 Å². The van der Waals surface area contributed by atoms with Gasteiger partial charge in [0.05, 0.1) is 5.69 Å². The van der Waals surface area contributed by atoms with Crippen LogP contribution >= 0.6 is 11.3 Å². The van der Waals surface area contributed by atoms with Gasteiger partial charge in [-0.15, -0.1) is 11.3 Å². The molecule has 1 aliphatic carbocycles. The summed E-state index contributed by atoms with van der Waals surface area (Å²) in [6, 6.07) is 10.8. The quantitative estimate of drug-likeness (QED) is 0.606. The molecule has 0 saturated heterocycles. The highest BCUT2D eigenvalue weighted by Gasteiger charge is 2.21. The number of benzene rings is 1. The molecule has 1 fully saturated rings. The molecule has 0 aliphatic heterocycles. The van der Waals surface area contributed by atoms with E-state index >= 15 is 0 Å². The summed E-state index contributed by atoms with van der Waals surface area (Å²) in [6.07, 6.45) is 9.20. The van der Waals surface area contributed by atoms with Crippen molar-refractivity contribution < 1.29 is 0 Å². The lowest BCUT2D eigenvalue weighted by molar-refractivity contribution is 0.723. The molecule has 2 aromatic heterocycles. The minimum atomic E-state index is 0.680. The summed E-state index contributed by atoms with van der Waals surface area (Å²) < 4.78 is 0. The maximum Gasteiger partial charge on any atom is 0.125 e. The van der Waals surface area contributed by atoms with Crippen LogP contribution in [0, 0.1) is 6.92 Å². The molecule has 3 heteroatoms. The highest BCUT2D eigenvalue weighted by atomic mass is 32.1. The molecule has 4 rings (SSSR count). The summed E-state index contributed by atoms with van der Waals surface area (Å²) in [4.78, 5) is 9.24. The van der Waals surface area contributed by atoms with Crippen molar-refractivity contribution in [3.05, 3.63) is 59.2 Å². The van der Waals surface area contributed by atoms with Crippen LogP contribution in [0.5, 0.6) is 0 Å². The fourth-order valence-corrected chi connectivity index (χ4v) is 4.29. The first kappa shape index (κ1) is 14.6. The van der Waals surface area contributed by atoms with Gasteiger partial charge in [-0.25, -0.2) is 4.98 Å². The molecule has 3 aromatic rings. The number of nitrogens with zero attached hydrogens (tertiary/aromatic N) is 2. The van der Waals surface area contributed by atoms with Gasteiger partial charge in [-0.05, 0) is 37.3 Å². The van der Waals surface area contributed by atoms with Gasteiger partial charge in [-0.2, -0.15) is 0 Å². The first-order valence-electron chi connectivity index (χ1n) is 8.28. The molecule has 0 N–H and O–H groups in total. The second-order valence-corrected chi connectivity index (χ2v) is 7.21. The van der Waals surface area contributed by atoms with E-state index in [2.05, 4.69) is 47.6 Å². The number of aromatic nitrogens is 2. The Labute approximate surface area is 141 Å². The van der Waals surface area contributed by atoms with Crippen LogP contribution in [0.25, 0.3) is 21.8 Å². The maximum atomic E-state index is 4.89. The van der Waals surface area contributed by atoms with Crippen LogP contribution < -0.4 is 0 Å². The molecule has 2 nitrogen and oxygen atoms in total. The molecule has 0 amide bonds. The summed E-state index contributed by atoms with van der Waals surface area (Å²) >= 11 is 1.72. The lowest BCUT2D eigenvalue weighted by atomic mass is 9.94. The standard InChI is InChI=1S/C20H20N2S/c1-14-6-8-16(9-7-14)19-13-23-20(22-19)18-12-21-11-10-17(18)15-4-2-3-5-15/h6-13,15H,2-5H2,1H3. The summed E-state index contributed by atoms with van der Waals surface area (Å²) in [5.41, 5.74) is 6.18. The van der Waals surface area contributed by atoms with Crippen molar-refractivity contribution in [2.45, 2.75) is 38.5 Å². The molecule has 1 aliphatic rings. The number of hydrogen-bond acceptors (Lipinski definition) is 3. The average Bonchev–Trinajstić information content (AvgIpc) is 3.27. The van der Waals surface area contributed by atoms with E-state index in [4.69, 9.17) is 4.98 Å². The van der Waals surface area contributed by atoms with Crippen molar-refractivity contribution in [1.82, 2.24) is 9.97 Å². The lowest BCUT2D eigenvalue weighted by Gasteiger charge is -2.13. The van der Waals surface area contributed by atoms with Gasteiger partial charge in [-0.3, -0.25) is 4.98 Å². The van der Waals surface area contributed by atoms with Gasteiger partial charge in [0.1, 0.15) is 5.01 Å². The van der Waals surface area contributed by atoms with Crippen molar-refractivity contribution in [2.24, 2.45) is 0 Å². The zero-order valence-electron chi connectivity index (χ0n) is 13.3. The van der Waals surface area contributed by atoms with E-state index in [-0.39, 0.29) is 0 Å². The largest absolute Gasteiger partial charge is 0.264 e. The molecule has 0 atom stereocenters. The molecule has 0 unspecified atom stereocenters. The minimum Gasteiger partial charge on any atom is -0.264 e. The van der Waals surface area contributed by atoms with Crippen molar-refractivity contribution in [3.63, 3.8) is 0 Å². The third-order valence-corrected chi connectivity index (χ3v) is 5.61. The van der Waals surface area contributed by atoms with Crippen molar-refractivity contribution in [2.75, 3.05) is 0 Å². The Morgan fingerprint density at radius 3 is 2.61 bits per heavy atom. The highest BCUT2D eigenvalue weighted by molar-refractivity contribution is 7.13. The Balaban J connectivity index is 1.70. The Bertz CT molecular complexity index is 799. The van der Waals surface area contributed by atoms with Crippen LogP contribution in [0.3, 0.4) is 0 Å². The molecule has 0 spiro atoms. The summed E-state index contributed by atoms with van der Waals surface area (Å²) in [6.45, 7) is 2.11. The van der Waals surface area contributed by atoms with Crippen LogP contribution in [0.1, 0.15) is 42.7 Å². The number of hydrogen-bond donors (Lipinski definition) is 0. The van der Waals surface area contributed by atoms with Crippen LogP contribution in [0.4, 0.5) is 0 Å². The summed E-state index contributed by atoms with van der Waals surface area (Å²) in [7, 11) is 0. The number of thiazole rings is 1. The van der Waals surface area contributed by atoms with Crippen molar-refractivity contribution in [1.29, 1.82) is 0 Å². The SMILES string of the molecule is Cc1ccc(-c2csc(-c3cnccc3C3CCCC3)n2)cc1. The molecule has 1 saturated carbocycles. The molecule has 0 bridgehead atoms. The third-order valence-electron chi connectivity index (χ3n) is 4.73. The van der Waals surface area contributed by atoms with Crippen LogP contribution in [0.2, 0.25) is 0 Å². The molecule has 1 aromatic carbocycles. The van der Waals surface area contributed by atoms with Gasteiger partial charge in [0.2, 0.25) is 0 Å². The Morgan fingerprint density at radius 1 is 1.04 bits per heavy atom. The second kappa shape index (κ2) is 6.25. The zero-order valence-corrected chi connectivity index (χ0v) is 14.1. The lowest BCUT2D eigenvalue weighted by Crippen LogP contribution is -1.96. The van der Waals surface area contributed by atoms with E-state index < -0.39 is 0 Å². The molecule has 23 heavy (non-hydrogen) atoms. The van der Waals surface area contributed by atoms with E-state index in [9.17, 15) is 0 Å². The van der Waals surface area contributed by atoms with Crippen LogP contribution in [-0.4, -0.2) is 9.97 Å². The highest BCUT2D eigenvalue weighted by Crippen LogP contribution is 2.40.